The molecule has 9 unspecified atom stereocenters. The molecule has 0 amide bonds. The molecule has 2 saturated heterocycles. The Hall–Kier alpha value is -1.36. The summed E-state index contributed by atoms with van der Waals surface area (Å²) in [7, 11) is 0. The first-order valence-corrected chi connectivity index (χ1v) is 7.75. The van der Waals surface area contributed by atoms with Gasteiger partial charge in [-0.25, -0.2) is 0 Å². The van der Waals surface area contributed by atoms with Crippen molar-refractivity contribution in [1.29, 1.82) is 0 Å². The summed E-state index contributed by atoms with van der Waals surface area (Å²) in [6.45, 7) is 4.09. The Morgan fingerprint density at radius 1 is 1.48 bits per heavy atom. The van der Waals surface area contributed by atoms with Crippen LogP contribution in [0.15, 0.2) is 11.6 Å². The standard InChI is InChI=1S/C16H16O5/c1-5-3-9-14-7-4-8-10(6(7)2)15(14,13(19)20-8)16(14,12(17)18)11(5)21-9/h3,6-11H,4H2,1-2H3,(H,17,18). The number of hydrogen-bond acceptors (Lipinski definition) is 4. The summed E-state index contributed by atoms with van der Waals surface area (Å²) in [5.41, 5.74) is -1.45. The predicted octanol–water partition coefficient (Wildman–Crippen LogP) is 0.982. The summed E-state index contributed by atoms with van der Waals surface area (Å²) in [4.78, 5) is 25.1. The Balaban J connectivity index is 1.73. The second-order valence-electron chi connectivity index (χ2n) is 7.81. The lowest BCUT2D eigenvalue weighted by molar-refractivity contribution is -0.157. The number of carboxylic acid groups (broad SMARTS) is 1. The first-order valence-electron chi connectivity index (χ1n) is 7.75. The van der Waals surface area contributed by atoms with E-state index in [0.29, 0.717) is 5.92 Å². The lowest BCUT2D eigenvalue weighted by atomic mass is 9.70. The molecule has 110 valence electrons. The predicted molar refractivity (Wildman–Crippen MR) is 68.0 cm³/mol. The van der Waals surface area contributed by atoms with Crippen LogP contribution in [0.3, 0.4) is 0 Å². The molecule has 6 aliphatic rings. The number of ether oxygens (including phenoxy) is 2. The van der Waals surface area contributed by atoms with Crippen molar-refractivity contribution in [3.63, 3.8) is 0 Å². The normalized spacial score (nSPS) is 67.0. The highest BCUT2D eigenvalue weighted by Gasteiger charge is 3.11. The lowest BCUT2D eigenvalue weighted by Crippen LogP contribution is -2.42. The number of carbonyl (C=O) groups is 2. The van der Waals surface area contributed by atoms with Gasteiger partial charge in [0.25, 0.3) is 0 Å². The second kappa shape index (κ2) is 2.56. The quantitative estimate of drug-likeness (QED) is 0.575. The van der Waals surface area contributed by atoms with Gasteiger partial charge in [-0.1, -0.05) is 13.0 Å². The molecule has 0 aromatic rings. The van der Waals surface area contributed by atoms with Crippen LogP contribution < -0.4 is 0 Å². The number of fused-ring (bicyclic) bond motifs is 4. The van der Waals surface area contributed by atoms with Crippen molar-refractivity contribution in [2.24, 2.45) is 34.0 Å². The molecule has 5 heteroatoms. The Morgan fingerprint density at radius 3 is 2.95 bits per heavy atom. The van der Waals surface area contributed by atoms with Gasteiger partial charge in [0, 0.05) is 11.3 Å². The van der Waals surface area contributed by atoms with Crippen molar-refractivity contribution in [3.05, 3.63) is 11.6 Å². The number of esters is 1. The summed E-state index contributed by atoms with van der Waals surface area (Å²) in [6, 6.07) is 0. The van der Waals surface area contributed by atoms with Gasteiger partial charge in [-0.3, -0.25) is 9.59 Å². The van der Waals surface area contributed by atoms with Crippen molar-refractivity contribution in [2.75, 3.05) is 0 Å². The van der Waals surface area contributed by atoms with E-state index < -0.39 is 28.3 Å². The van der Waals surface area contributed by atoms with Crippen LogP contribution in [-0.4, -0.2) is 35.4 Å². The molecule has 5 fully saturated rings. The summed E-state index contributed by atoms with van der Waals surface area (Å²) in [6.07, 6.45) is 2.15. The number of carboxylic acids is 1. The van der Waals surface area contributed by atoms with E-state index in [4.69, 9.17) is 9.47 Å². The van der Waals surface area contributed by atoms with E-state index in [1.54, 1.807) is 0 Å². The topological polar surface area (TPSA) is 72.8 Å². The summed E-state index contributed by atoms with van der Waals surface area (Å²) >= 11 is 0. The molecule has 21 heavy (non-hydrogen) atoms. The fourth-order valence-electron chi connectivity index (χ4n) is 7.92. The maximum Gasteiger partial charge on any atom is 0.314 e. The SMILES string of the molecule is CC1=CC2OC1C1(C(=O)O)C34C(=O)OC5CC(C(C)C53)C214. The van der Waals surface area contributed by atoms with Crippen molar-refractivity contribution in [3.8, 4) is 0 Å². The third-order valence-corrected chi connectivity index (χ3v) is 7.91. The molecule has 5 nitrogen and oxygen atoms in total. The lowest BCUT2D eigenvalue weighted by Gasteiger charge is -2.30. The maximum absolute atomic E-state index is 12.8. The van der Waals surface area contributed by atoms with E-state index in [1.807, 2.05) is 6.92 Å². The molecule has 0 aromatic carbocycles. The van der Waals surface area contributed by atoms with E-state index in [-0.39, 0.29) is 30.0 Å². The van der Waals surface area contributed by atoms with Crippen LogP contribution in [0.2, 0.25) is 0 Å². The number of hydrogen-bond donors (Lipinski definition) is 1. The third-order valence-electron chi connectivity index (χ3n) is 7.91. The smallest absolute Gasteiger partial charge is 0.314 e. The number of rotatable bonds is 1. The average Bonchev–Trinajstić information content (AvgIpc) is 2.83. The Morgan fingerprint density at radius 2 is 2.24 bits per heavy atom. The van der Waals surface area contributed by atoms with Gasteiger partial charge in [-0.05, 0) is 30.8 Å². The first kappa shape index (κ1) is 11.2. The molecule has 1 N–H and O–H groups in total. The summed E-state index contributed by atoms with van der Waals surface area (Å²) < 4.78 is 11.7. The van der Waals surface area contributed by atoms with Crippen LogP contribution in [0.1, 0.15) is 20.3 Å². The van der Waals surface area contributed by atoms with Gasteiger partial charge in [-0.15, -0.1) is 0 Å². The van der Waals surface area contributed by atoms with Crippen LogP contribution in [0, 0.1) is 34.0 Å². The highest BCUT2D eigenvalue weighted by atomic mass is 16.6. The highest BCUT2D eigenvalue weighted by molar-refractivity contribution is 6.02. The third kappa shape index (κ3) is 0.615. The average molecular weight is 288 g/mol. The Labute approximate surface area is 121 Å². The minimum atomic E-state index is -1.06. The fourth-order valence-corrected chi connectivity index (χ4v) is 7.92. The summed E-state index contributed by atoms with van der Waals surface area (Å²) in [5.74, 6) is -0.462. The van der Waals surface area contributed by atoms with E-state index in [0.717, 1.165) is 12.0 Å². The van der Waals surface area contributed by atoms with Crippen molar-refractivity contribution >= 4 is 11.9 Å². The molecular weight excluding hydrogens is 272 g/mol. The molecule has 0 aromatic heterocycles. The molecule has 6 rings (SSSR count). The fraction of sp³-hybridized carbons (Fsp3) is 0.750. The second-order valence-corrected chi connectivity index (χ2v) is 7.81. The minimum absolute atomic E-state index is 0.0651. The molecular formula is C16H16O5. The zero-order valence-corrected chi connectivity index (χ0v) is 11.8. The van der Waals surface area contributed by atoms with Crippen molar-refractivity contribution in [2.45, 2.75) is 38.6 Å². The number of carbonyl (C=O) groups excluding carboxylic acids is 1. The van der Waals surface area contributed by atoms with Gasteiger partial charge < -0.3 is 14.6 Å². The molecule has 9 atom stereocenters. The van der Waals surface area contributed by atoms with Crippen LogP contribution >= 0.6 is 0 Å². The molecule has 4 bridgehead atoms. The Bertz CT molecular complexity index is 697. The molecule has 3 aliphatic heterocycles. The molecule has 0 radical (unpaired) electrons. The van der Waals surface area contributed by atoms with Crippen LogP contribution in [0.25, 0.3) is 0 Å². The van der Waals surface area contributed by atoms with E-state index in [1.165, 1.54) is 0 Å². The van der Waals surface area contributed by atoms with Gasteiger partial charge in [0.2, 0.25) is 0 Å². The summed E-state index contributed by atoms with van der Waals surface area (Å²) in [5, 5.41) is 10.1. The van der Waals surface area contributed by atoms with Gasteiger partial charge >= 0.3 is 11.9 Å². The number of aliphatic carboxylic acids is 1. The zero-order valence-electron chi connectivity index (χ0n) is 11.8. The van der Waals surface area contributed by atoms with Crippen LogP contribution in [-0.2, 0) is 19.1 Å². The highest BCUT2D eigenvalue weighted by Crippen LogP contribution is 3.00. The molecule has 3 aliphatic carbocycles. The van der Waals surface area contributed by atoms with Crippen LogP contribution in [0.4, 0.5) is 0 Å². The zero-order chi connectivity index (χ0) is 14.5. The Kier molecular flexibility index (Phi) is 1.37. The van der Waals surface area contributed by atoms with Gasteiger partial charge in [0.15, 0.2) is 0 Å². The van der Waals surface area contributed by atoms with Gasteiger partial charge in [0.1, 0.15) is 16.9 Å². The van der Waals surface area contributed by atoms with Crippen molar-refractivity contribution < 1.29 is 24.2 Å². The van der Waals surface area contributed by atoms with Crippen molar-refractivity contribution in [1.82, 2.24) is 0 Å². The van der Waals surface area contributed by atoms with Gasteiger partial charge in [-0.2, -0.15) is 0 Å². The maximum atomic E-state index is 12.8. The van der Waals surface area contributed by atoms with Gasteiger partial charge in [0.05, 0.1) is 12.2 Å². The molecule has 2 spiro atoms. The molecule has 3 heterocycles. The van der Waals surface area contributed by atoms with E-state index >= 15 is 0 Å². The van der Waals surface area contributed by atoms with E-state index in [9.17, 15) is 14.7 Å². The van der Waals surface area contributed by atoms with Crippen LogP contribution in [0.5, 0.6) is 0 Å². The minimum Gasteiger partial charge on any atom is -0.481 e. The largest absolute Gasteiger partial charge is 0.481 e. The monoisotopic (exact) mass is 288 g/mol. The van der Waals surface area contributed by atoms with E-state index in [2.05, 4.69) is 13.0 Å². The first-order chi connectivity index (χ1) is 9.97. The molecule has 3 saturated carbocycles.